The second-order valence-electron chi connectivity index (χ2n) is 18.1. The molecule has 1 aliphatic rings. The van der Waals surface area contributed by atoms with Gasteiger partial charge in [0.05, 0.1) is 16.8 Å². The molecule has 1 unspecified atom stereocenters. The zero-order chi connectivity index (χ0) is 42.6. The van der Waals surface area contributed by atoms with Crippen LogP contribution in [0.2, 0.25) is 0 Å². The molecule has 5 aromatic rings. The first-order valence-corrected chi connectivity index (χ1v) is 21.4. The van der Waals surface area contributed by atoms with Gasteiger partial charge in [0.2, 0.25) is 0 Å². The van der Waals surface area contributed by atoms with Crippen molar-refractivity contribution in [2.45, 2.75) is 171 Å². The lowest BCUT2D eigenvalue weighted by atomic mass is 9.92. The fourth-order valence-electron chi connectivity index (χ4n) is 6.16. The summed E-state index contributed by atoms with van der Waals surface area (Å²) in [5.41, 5.74) is 9.36. The second-order valence-corrected chi connectivity index (χ2v) is 18.1. The number of aryl methyl sites for hydroxylation is 1. The van der Waals surface area contributed by atoms with Crippen LogP contribution in [0.4, 0.5) is 0 Å². The van der Waals surface area contributed by atoms with Gasteiger partial charge in [-0.2, -0.15) is 10.2 Å². The first kappa shape index (κ1) is 47.1. The molecule has 0 spiro atoms. The first-order valence-electron chi connectivity index (χ1n) is 21.4. The Kier molecular flexibility index (Phi) is 18.2. The van der Waals surface area contributed by atoms with Crippen LogP contribution in [0.5, 0.6) is 5.75 Å². The summed E-state index contributed by atoms with van der Waals surface area (Å²) < 4.78 is 11.8. The molecule has 3 aromatic heterocycles. The van der Waals surface area contributed by atoms with Gasteiger partial charge in [-0.25, -0.2) is 0 Å². The van der Waals surface area contributed by atoms with Crippen LogP contribution in [-0.4, -0.2) is 21.3 Å². The largest absolute Gasteiger partial charge is 0.490 e. The molecular weight excluding hydrogens is 703 g/mol. The first-order chi connectivity index (χ1) is 26.8. The van der Waals surface area contributed by atoms with Gasteiger partial charge < -0.3 is 9.15 Å². The molecule has 57 heavy (non-hydrogen) atoms. The van der Waals surface area contributed by atoms with Crippen LogP contribution in [-0.2, 0) is 6.42 Å². The van der Waals surface area contributed by atoms with Crippen molar-refractivity contribution < 1.29 is 9.15 Å². The number of hydrogen-bond acceptors (Lipinski definition) is 6. The topological polar surface area (TPSA) is 78.1 Å². The number of aromatic nitrogens is 3. The van der Waals surface area contributed by atoms with E-state index in [0.717, 1.165) is 29.3 Å². The van der Waals surface area contributed by atoms with Crippen molar-refractivity contribution in [2.24, 2.45) is 5.92 Å². The smallest absolute Gasteiger partial charge is 0.192 e. The molecule has 1 atom stereocenters. The number of nitrogens with zero attached hydrogens (tertiary/aromatic N) is 3. The molecule has 0 radical (unpaired) electrons. The van der Waals surface area contributed by atoms with E-state index in [1.165, 1.54) is 34.4 Å². The molecule has 6 heteroatoms. The van der Waals surface area contributed by atoms with Crippen LogP contribution in [0, 0.1) is 5.92 Å². The Morgan fingerprint density at radius 3 is 1.51 bits per heavy atom. The highest BCUT2D eigenvalue weighted by molar-refractivity contribution is 5.77. The molecule has 0 aliphatic carbocycles. The fourth-order valence-corrected chi connectivity index (χ4v) is 6.16. The molecule has 0 fully saturated rings. The summed E-state index contributed by atoms with van der Waals surface area (Å²) in [6.45, 7) is 34.4. The molecule has 310 valence electrons. The number of rotatable bonds is 8. The Morgan fingerprint density at radius 2 is 1.05 bits per heavy atom. The number of pyridine rings is 1. The van der Waals surface area contributed by atoms with E-state index < -0.39 is 0 Å². The average Bonchev–Trinajstić information content (AvgIpc) is 3.17. The van der Waals surface area contributed by atoms with Gasteiger partial charge >= 0.3 is 0 Å². The highest BCUT2D eigenvalue weighted by Gasteiger charge is 2.22. The van der Waals surface area contributed by atoms with E-state index in [2.05, 4.69) is 155 Å². The molecular formula is C51H73N3O3. The van der Waals surface area contributed by atoms with Crippen LogP contribution in [0.25, 0.3) is 11.0 Å². The Bertz CT molecular complexity index is 1890. The number of benzene rings is 2. The molecule has 6 nitrogen and oxygen atoms in total. The molecule has 4 heterocycles. The van der Waals surface area contributed by atoms with Gasteiger partial charge in [-0.15, -0.1) is 0 Å². The van der Waals surface area contributed by atoms with Gasteiger partial charge in [-0.05, 0) is 113 Å². The van der Waals surface area contributed by atoms with Crippen molar-refractivity contribution in [3.63, 3.8) is 0 Å². The molecule has 2 aromatic carbocycles. The number of ether oxygens (including phenoxy) is 1. The molecule has 0 saturated heterocycles. The van der Waals surface area contributed by atoms with Gasteiger partial charge in [-0.1, -0.05) is 135 Å². The van der Waals surface area contributed by atoms with E-state index in [1.807, 2.05) is 38.2 Å². The van der Waals surface area contributed by atoms with Gasteiger partial charge in [0, 0.05) is 23.9 Å². The van der Waals surface area contributed by atoms with Gasteiger partial charge in [-0.3, -0.25) is 9.78 Å². The van der Waals surface area contributed by atoms with Crippen molar-refractivity contribution in [3.05, 3.63) is 128 Å². The van der Waals surface area contributed by atoms with Crippen molar-refractivity contribution in [1.29, 1.82) is 0 Å². The minimum absolute atomic E-state index is 0.0532. The Morgan fingerprint density at radius 1 is 0.544 bits per heavy atom. The van der Waals surface area contributed by atoms with E-state index in [0.29, 0.717) is 58.5 Å². The Hall–Kier alpha value is -4.32. The van der Waals surface area contributed by atoms with Crippen molar-refractivity contribution in [2.75, 3.05) is 0 Å². The van der Waals surface area contributed by atoms with E-state index >= 15 is 0 Å². The maximum Gasteiger partial charge on any atom is 0.192 e. The predicted molar refractivity (Wildman–Crippen MR) is 241 cm³/mol. The molecule has 0 bridgehead atoms. The van der Waals surface area contributed by atoms with E-state index in [4.69, 9.17) is 9.15 Å². The zero-order valence-electron chi connectivity index (χ0n) is 38.1. The van der Waals surface area contributed by atoms with Crippen LogP contribution in [0.3, 0.4) is 0 Å². The van der Waals surface area contributed by atoms with Gasteiger partial charge in [0.15, 0.2) is 5.43 Å². The maximum atomic E-state index is 12.0. The predicted octanol–water partition coefficient (Wildman–Crippen LogP) is 14.3. The number of fused-ring (bicyclic) bond motifs is 2. The summed E-state index contributed by atoms with van der Waals surface area (Å²) >= 11 is 0. The molecule has 6 rings (SSSR count). The molecule has 0 saturated carbocycles. The third kappa shape index (κ3) is 14.2. The second kappa shape index (κ2) is 22.0. The summed E-state index contributed by atoms with van der Waals surface area (Å²) in [6.07, 6.45) is 4.71. The standard InChI is InChI=1S/C15H18O2.C15H22O.C11H17N.C10H16N2/c1-9(2)11-5-6-14-12(7-11)13(16)8-15(17-14)10(3)4;1-10(2)12-5-8-15-13(9-12)6-7-14(16-15)11(3)4;1-8(2)10-5-6-11(9(3)4)12-7-10;1-7(2)9-5-6-10(8(3)4)12-11-9/h5-10H,1-4H3;5,8-11,14H,6-7H2,1-4H3;5-9H,1-4H3;5-8H,1-4H3. The molecule has 0 N–H and O–H groups in total. The summed E-state index contributed by atoms with van der Waals surface area (Å²) in [6, 6.07) is 22.6. The number of hydrogen-bond donors (Lipinski definition) is 0. The van der Waals surface area contributed by atoms with Gasteiger partial charge in [0.25, 0.3) is 0 Å². The van der Waals surface area contributed by atoms with Crippen LogP contribution in [0.15, 0.2) is 82.1 Å². The van der Waals surface area contributed by atoms with Crippen LogP contribution < -0.4 is 10.2 Å². The maximum absolute atomic E-state index is 12.0. The normalized spacial score (nSPS) is 13.7. The third-order valence-electron chi connectivity index (χ3n) is 10.4. The summed E-state index contributed by atoms with van der Waals surface area (Å²) in [4.78, 5) is 16.4. The minimum Gasteiger partial charge on any atom is -0.490 e. The zero-order valence-corrected chi connectivity index (χ0v) is 38.1. The van der Waals surface area contributed by atoms with Crippen molar-refractivity contribution in [3.8, 4) is 5.75 Å². The van der Waals surface area contributed by atoms with Crippen LogP contribution >= 0.6 is 0 Å². The lowest BCUT2D eigenvalue weighted by molar-refractivity contribution is 0.127. The molecule has 0 amide bonds. The summed E-state index contributed by atoms with van der Waals surface area (Å²) in [7, 11) is 0. The SMILES string of the molecule is CC(C)c1ccc(C(C)C)nc1.CC(C)c1ccc(C(C)C)nn1.CC(C)c1ccc2c(c1)CCC(C(C)C)O2.CC(C)c1ccc2oc(C(C)C)cc(=O)c2c1. The Balaban J connectivity index is 0.000000206. The minimum atomic E-state index is 0.0532. The van der Waals surface area contributed by atoms with E-state index in [-0.39, 0.29) is 11.3 Å². The van der Waals surface area contributed by atoms with E-state index in [1.54, 1.807) is 6.07 Å². The molecule has 1 aliphatic heterocycles. The highest BCUT2D eigenvalue weighted by atomic mass is 16.5. The average molecular weight is 776 g/mol. The van der Waals surface area contributed by atoms with Gasteiger partial charge in [0.1, 0.15) is 23.2 Å². The van der Waals surface area contributed by atoms with Crippen molar-refractivity contribution >= 4 is 11.0 Å². The third-order valence-corrected chi connectivity index (χ3v) is 10.4. The fraction of sp³-hybridized carbons (Fsp3) is 0.529. The van der Waals surface area contributed by atoms with Crippen LogP contribution in [0.1, 0.15) is 204 Å². The monoisotopic (exact) mass is 776 g/mol. The Labute approximate surface area is 345 Å². The lowest BCUT2D eigenvalue weighted by Gasteiger charge is -2.29. The summed E-state index contributed by atoms with van der Waals surface area (Å²) in [5.74, 6) is 5.78. The van der Waals surface area contributed by atoms with Crippen molar-refractivity contribution in [1.82, 2.24) is 15.2 Å². The summed E-state index contributed by atoms with van der Waals surface area (Å²) in [5, 5.41) is 8.98. The lowest BCUT2D eigenvalue weighted by Crippen LogP contribution is -2.27. The highest BCUT2D eigenvalue weighted by Crippen LogP contribution is 2.32. The van der Waals surface area contributed by atoms with E-state index in [9.17, 15) is 4.79 Å². The quantitative estimate of drug-likeness (QED) is 0.156.